The second kappa shape index (κ2) is 8.61. The van der Waals surface area contributed by atoms with E-state index in [0.29, 0.717) is 6.42 Å². The van der Waals surface area contributed by atoms with E-state index in [4.69, 9.17) is 9.47 Å². The molecule has 1 N–H and O–H groups in total. The van der Waals surface area contributed by atoms with Gasteiger partial charge in [-0.05, 0) is 56.5 Å². The first kappa shape index (κ1) is 19.6. The standard InChI is InChI=1S/C20H27NO3S/c1-20(2,3)25(22)21-18(15-10-12-17(23-4)13-11-15)14-16-8-6-7-9-19(16)24-5/h6-13,18,21H,14H2,1-5H3. The van der Waals surface area contributed by atoms with Crippen molar-refractivity contribution in [2.45, 2.75) is 38.0 Å². The summed E-state index contributed by atoms with van der Waals surface area (Å²) in [6, 6.07) is 15.7. The summed E-state index contributed by atoms with van der Waals surface area (Å²) in [7, 11) is 3.32. The minimum Gasteiger partial charge on any atom is -0.598 e. The lowest BCUT2D eigenvalue weighted by molar-refractivity contribution is 0.406. The lowest BCUT2D eigenvalue weighted by Gasteiger charge is -2.28. The predicted molar refractivity (Wildman–Crippen MR) is 103 cm³/mol. The summed E-state index contributed by atoms with van der Waals surface area (Å²) in [4.78, 5) is 0. The Kier molecular flexibility index (Phi) is 6.76. The van der Waals surface area contributed by atoms with E-state index in [-0.39, 0.29) is 10.8 Å². The first-order chi connectivity index (χ1) is 11.8. The van der Waals surface area contributed by atoms with Crippen LogP contribution >= 0.6 is 0 Å². The van der Waals surface area contributed by atoms with Gasteiger partial charge in [-0.1, -0.05) is 30.3 Å². The molecule has 0 saturated heterocycles. The maximum absolute atomic E-state index is 12.7. The van der Waals surface area contributed by atoms with Gasteiger partial charge in [0.1, 0.15) is 16.2 Å². The van der Waals surface area contributed by atoms with Gasteiger partial charge in [-0.2, -0.15) is 0 Å². The Labute approximate surface area is 153 Å². The predicted octanol–water partition coefficient (Wildman–Crippen LogP) is 4.04. The largest absolute Gasteiger partial charge is 0.598 e. The molecule has 0 aliphatic heterocycles. The molecule has 2 atom stereocenters. The number of hydrogen-bond donors (Lipinski definition) is 1. The number of benzene rings is 2. The fourth-order valence-corrected chi connectivity index (χ4v) is 3.29. The SMILES string of the molecule is COc1ccc(C(Cc2ccccc2OC)N[S+]([O-])C(C)(C)C)cc1. The third-order valence-electron chi connectivity index (χ3n) is 3.94. The summed E-state index contributed by atoms with van der Waals surface area (Å²) in [5.41, 5.74) is 2.13. The van der Waals surface area contributed by atoms with Crippen LogP contribution in [0.25, 0.3) is 0 Å². The molecule has 0 bridgehead atoms. The zero-order valence-corrected chi connectivity index (χ0v) is 16.4. The highest BCUT2D eigenvalue weighted by atomic mass is 32.2. The molecule has 2 aromatic rings. The minimum absolute atomic E-state index is 0.0951. The van der Waals surface area contributed by atoms with Crippen LogP contribution in [0.2, 0.25) is 0 Å². The number of ether oxygens (including phenoxy) is 2. The molecule has 0 amide bonds. The van der Waals surface area contributed by atoms with Crippen LogP contribution in [0.5, 0.6) is 11.5 Å². The van der Waals surface area contributed by atoms with E-state index in [1.165, 1.54) is 0 Å². The smallest absolute Gasteiger partial charge is 0.136 e. The van der Waals surface area contributed by atoms with Gasteiger partial charge in [-0.25, -0.2) is 0 Å². The average molecular weight is 362 g/mol. The minimum atomic E-state index is -1.18. The molecule has 4 nitrogen and oxygen atoms in total. The first-order valence-corrected chi connectivity index (χ1v) is 9.44. The Morgan fingerprint density at radius 2 is 1.64 bits per heavy atom. The van der Waals surface area contributed by atoms with Gasteiger partial charge in [0.05, 0.1) is 20.3 Å². The number of hydrogen-bond acceptors (Lipinski definition) is 4. The Balaban J connectivity index is 2.30. The molecular formula is C20H27NO3S. The van der Waals surface area contributed by atoms with Crippen LogP contribution in [0.4, 0.5) is 0 Å². The fourth-order valence-electron chi connectivity index (χ4n) is 2.46. The van der Waals surface area contributed by atoms with Crippen molar-refractivity contribution in [3.63, 3.8) is 0 Å². The topological polar surface area (TPSA) is 53.5 Å². The normalized spacial score (nSPS) is 14.0. The maximum atomic E-state index is 12.7. The van der Waals surface area contributed by atoms with E-state index in [9.17, 15) is 4.55 Å². The van der Waals surface area contributed by atoms with E-state index in [1.807, 2.05) is 69.3 Å². The monoisotopic (exact) mass is 361 g/mol. The summed E-state index contributed by atoms with van der Waals surface area (Å²) in [6.07, 6.45) is 0.679. The van der Waals surface area contributed by atoms with Gasteiger partial charge in [0.15, 0.2) is 0 Å². The second-order valence-corrected chi connectivity index (χ2v) is 8.84. The van der Waals surface area contributed by atoms with Gasteiger partial charge >= 0.3 is 0 Å². The Bertz CT molecular complexity index is 667. The molecule has 0 saturated carbocycles. The van der Waals surface area contributed by atoms with Gasteiger partial charge in [0.2, 0.25) is 0 Å². The lowest BCUT2D eigenvalue weighted by Crippen LogP contribution is -2.41. The van der Waals surface area contributed by atoms with Crippen molar-refractivity contribution in [2.24, 2.45) is 0 Å². The van der Waals surface area contributed by atoms with Crippen molar-refractivity contribution in [1.29, 1.82) is 0 Å². The van der Waals surface area contributed by atoms with Crippen LogP contribution in [0.3, 0.4) is 0 Å². The molecule has 0 fully saturated rings. The van der Waals surface area contributed by atoms with Crippen molar-refractivity contribution >= 4 is 11.4 Å². The van der Waals surface area contributed by atoms with Gasteiger partial charge in [-0.15, -0.1) is 4.72 Å². The zero-order chi connectivity index (χ0) is 18.4. The summed E-state index contributed by atoms with van der Waals surface area (Å²) >= 11 is -1.18. The van der Waals surface area contributed by atoms with Crippen molar-refractivity contribution in [1.82, 2.24) is 4.72 Å². The van der Waals surface area contributed by atoms with Crippen LogP contribution in [0.15, 0.2) is 48.5 Å². The second-order valence-electron chi connectivity index (χ2n) is 6.84. The summed E-state index contributed by atoms with van der Waals surface area (Å²) in [6.45, 7) is 5.89. The number of nitrogens with one attached hydrogen (secondary N) is 1. The summed E-state index contributed by atoms with van der Waals surface area (Å²) < 4.78 is 26.3. The Morgan fingerprint density at radius 3 is 2.20 bits per heavy atom. The third kappa shape index (κ3) is 5.39. The maximum Gasteiger partial charge on any atom is 0.136 e. The molecule has 136 valence electrons. The number of rotatable bonds is 7. The molecule has 5 heteroatoms. The molecule has 25 heavy (non-hydrogen) atoms. The molecule has 0 heterocycles. The number of methoxy groups -OCH3 is 2. The van der Waals surface area contributed by atoms with Crippen molar-refractivity contribution in [2.75, 3.05) is 14.2 Å². The van der Waals surface area contributed by atoms with Crippen LogP contribution in [0, 0.1) is 0 Å². The van der Waals surface area contributed by atoms with Gasteiger partial charge in [0.25, 0.3) is 0 Å². The summed E-state index contributed by atoms with van der Waals surface area (Å²) in [5.74, 6) is 1.64. The van der Waals surface area contributed by atoms with Crippen LogP contribution in [0.1, 0.15) is 37.9 Å². The molecular weight excluding hydrogens is 334 g/mol. The Morgan fingerprint density at radius 1 is 1.00 bits per heavy atom. The molecule has 0 aromatic heterocycles. The van der Waals surface area contributed by atoms with E-state index < -0.39 is 11.4 Å². The quantitative estimate of drug-likeness (QED) is 0.756. The average Bonchev–Trinajstić information content (AvgIpc) is 2.60. The third-order valence-corrected chi connectivity index (χ3v) is 5.55. The van der Waals surface area contributed by atoms with Gasteiger partial charge < -0.3 is 14.0 Å². The van der Waals surface area contributed by atoms with Crippen molar-refractivity contribution in [3.05, 3.63) is 59.7 Å². The lowest BCUT2D eigenvalue weighted by atomic mass is 9.99. The van der Waals surface area contributed by atoms with Crippen LogP contribution in [-0.2, 0) is 17.8 Å². The molecule has 0 aliphatic rings. The molecule has 0 aliphatic carbocycles. The highest BCUT2D eigenvalue weighted by Gasteiger charge is 2.30. The van der Waals surface area contributed by atoms with Crippen molar-refractivity contribution < 1.29 is 14.0 Å². The van der Waals surface area contributed by atoms with E-state index in [1.54, 1.807) is 14.2 Å². The molecule has 2 unspecified atom stereocenters. The highest BCUT2D eigenvalue weighted by Crippen LogP contribution is 2.28. The number of para-hydroxylation sites is 1. The van der Waals surface area contributed by atoms with Crippen LogP contribution < -0.4 is 14.2 Å². The van der Waals surface area contributed by atoms with Gasteiger partial charge in [0, 0.05) is 11.4 Å². The molecule has 0 spiro atoms. The highest BCUT2D eigenvalue weighted by molar-refractivity contribution is 7.90. The molecule has 0 radical (unpaired) electrons. The zero-order valence-electron chi connectivity index (χ0n) is 15.5. The molecule has 2 aromatic carbocycles. The van der Waals surface area contributed by atoms with E-state index in [2.05, 4.69) is 4.72 Å². The Hall–Kier alpha value is -1.69. The summed E-state index contributed by atoms with van der Waals surface area (Å²) in [5, 5.41) is 0. The fraction of sp³-hybridized carbons (Fsp3) is 0.400. The first-order valence-electron chi connectivity index (χ1n) is 8.29. The van der Waals surface area contributed by atoms with E-state index in [0.717, 1.165) is 22.6 Å². The van der Waals surface area contributed by atoms with E-state index >= 15 is 0 Å². The van der Waals surface area contributed by atoms with Crippen LogP contribution in [-0.4, -0.2) is 23.5 Å². The molecule has 2 rings (SSSR count). The van der Waals surface area contributed by atoms with Crippen molar-refractivity contribution in [3.8, 4) is 11.5 Å². The van der Waals surface area contributed by atoms with Gasteiger partial charge in [-0.3, -0.25) is 0 Å².